The van der Waals surface area contributed by atoms with Gasteiger partial charge in [-0.15, -0.1) is 0 Å². The van der Waals surface area contributed by atoms with E-state index in [9.17, 15) is 0 Å². The molecule has 0 spiro atoms. The Labute approximate surface area is 124 Å². The molecule has 0 bridgehead atoms. The van der Waals surface area contributed by atoms with Crippen LogP contribution < -0.4 is 22.9 Å². The van der Waals surface area contributed by atoms with E-state index in [-0.39, 0.29) is 0 Å². The molecule has 2 fully saturated rings. The minimum atomic E-state index is 0.678. The summed E-state index contributed by atoms with van der Waals surface area (Å²) in [5.74, 6) is 4.31. The quantitative estimate of drug-likeness (QED) is 0.601. The summed E-state index contributed by atoms with van der Waals surface area (Å²) < 4.78 is 0. The van der Waals surface area contributed by atoms with Crippen LogP contribution in [-0.4, -0.2) is 26.2 Å². The Morgan fingerprint density at radius 1 is 0.450 bits per heavy atom. The first kappa shape index (κ1) is 16.2. The highest BCUT2D eigenvalue weighted by molar-refractivity contribution is 4.89. The van der Waals surface area contributed by atoms with Crippen molar-refractivity contribution in [1.82, 2.24) is 0 Å². The average Bonchev–Trinajstić information content (AvgIpc) is 2.53. The van der Waals surface area contributed by atoms with Crippen LogP contribution in [0.2, 0.25) is 0 Å². The molecule has 0 aromatic rings. The lowest BCUT2D eigenvalue weighted by molar-refractivity contribution is 0.0858. The molecule has 4 nitrogen and oxygen atoms in total. The van der Waals surface area contributed by atoms with Crippen LogP contribution >= 0.6 is 0 Å². The first-order chi connectivity index (χ1) is 9.69. The molecule has 20 heavy (non-hydrogen) atoms. The Balaban J connectivity index is 2.00. The topological polar surface area (TPSA) is 104 Å². The van der Waals surface area contributed by atoms with Gasteiger partial charge >= 0.3 is 0 Å². The molecule has 0 radical (unpaired) electrons. The minimum Gasteiger partial charge on any atom is -0.330 e. The lowest BCUT2D eigenvalue weighted by atomic mass is 9.63. The first-order valence-electron chi connectivity index (χ1n) is 8.50. The zero-order valence-electron chi connectivity index (χ0n) is 12.8. The van der Waals surface area contributed by atoms with E-state index in [1.165, 1.54) is 38.5 Å². The summed E-state index contributed by atoms with van der Waals surface area (Å²) in [5.41, 5.74) is 23.8. The summed E-state index contributed by atoms with van der Waals surface area (Å²) in [6, 6.07) is 0. The van der Waals surface area contributed by atoms with Crippen LogP contribution in [0.15, 0.2) is 0 Å². The molecule has 0 aromatic heterocycles. The van der Waals surface area contributed by atoms with E-state index in [1.54, 1.807) is 0 Å². The summed E-state index contributed by atoms with van der Waals surface area (Å²) in [7, 11) is 0. The van der Waals surface area contributed by atoms with Crippen LogP contribution in [0.5, 0.6) is 0 Å². The number of nitrogens with two attached hydrogens (primary N) is 4. The maximum absolute atomic E-state index is 5.94. The van der Waals surface area contributed by atoms with Crippen molar-refractivity contribution in [2.45, 2.75) is 38.5 Å². The predicted molar refractivity (Wildman–Crippen MR) is 84.9 cm³/mol. The van der Waals surface area contributed by atoms with Crippen LogP contribution in [0.3, 0.4) is 0 Å². The molecule has 4 heteroatoms. The van der Waals surface area contributed by atoms with Crippen LogP contribution in [0.25, 0.3) is 0 Å². The summed E-state index contributed by atoms with van der Waals surface area (Å²) in [4.78, 5) is 0. The second-order valence-electron chi connectivity index (χ2n) is 7.34. The van der Waals surface area contributed by atoms with Crippen molar-refractivity contribution in [3.05, 3.63) is 0 Å². The fraction of sp³-hybridized carbons (Fsp3) is 1.00. The number of hydrogen-bond donors (Lipinski definition) is 4. The second-order valence-corrected chi connectivity index (χ2v) is 7.34. The summed E-state index contributed by atoms with van der Waals surface area (Å²) >= 11 is 0. The van der Waals surface area contributed by atoms with Crippen molar-refractivity contribution in [1.29, 1.82) is 0 Å². The zero-order valence-corrected chi connectivity index (χ0v) is 12.8. The summed E-state index contributed by atoms with van der Waals surface area (Å²) in [6.07, 6.45) is 7.66. The highest BCUT2D eigenvalue weighted by Crippen LogP contribution is 2.44. The fourth-order valence-corrected chi connectivity index (χ4v) is 4.77. The normalized spacial score (nSPS) is 42.6. The molecule has 118 valence electrons. The minimum absolute atomic E-state index is 0.678. The smallest absolute Gasteiger partial charge is 0.00487 e. The van der Waals surface area contributed by atoms with E-state index >= 15 is 0 Å². The zero-order chi connectivity index (χ0) is 14.5. The lowest BCUT2D eigenvalue weighted by Gasteiger charge is -2.43. The third-order valence-corrected chi connectivity index (χ3v) is 5.88. The van der Waals surface area contributed by atoms with Crippen LogP contribution in [0.1, 0.15) is 38.5 Å². The highest BCUT2D eigenvalue weighted by Gasteiger charge is 2.36. The van der Waals surface area contributed by atoms with E-state index in [2.05, 4.69) is 0 Å². The molecule has 8 N–H and O–H groups in total. The van der Waals surface area contributed by atoms with Crippen LogP contribution in [-0.2, 0) is 0 Å². The van der Waals surface area contributed by atoms with Crippen molar-refractivity contribution in [2.75, 3.05) is 26.2 Å². The highest BCUT2D eigenvalue weighted by atomic mass is 14.6. The Morgan fingerprint density at radius 3 is 0.900 bits per heavy atom. The number of hydrogen-bond acceptors (Lipinski definition) is 4. The molecule has 4 atom stereocenters. The van der Waals surface area contributed by atoms with Gasteiger partial charge in [0.1, 0.15) is 0 Å². The van der Waals surface area contributed by atoms with Crippen molar-refractivity contribution >= 4 is 0 Å². The molecule has 0 aromatic carbocycles. The van der Waals surface area contributed by atoms with Gasteiger partial charge in [-0.05, 0) is 100 Å². The predicted octanol–water partition coefficient (Wildman–Crippen LogP) is 0.886. The third-order valence-electron chi connectivity index (χ3n) is 5.88. The van der Waals surface area contributed by atoms with E-state index in [0.717, 1.165) is 38.0 Å². The van der Waals surface area contributed by atoms with Crippen LogP contribution in [0, 0.1) is 35.5 Å². The van der Waals surface area contributed by atoms with Gasteiger partial charge in [-0.1, -0.05) is 0 Å². The van der Waals surface area contributed by atoms with Crippen molar-refractivity contribution in [3.63, 3.8) is 0 Å². The van der Waals surface area contributed by atoms with Gasteiger partial charge in [-0.2, -0.15) is 0 Å². The Bertz CT molecular complexity index is 232. The van der Waals surface area contributed by atoms with Crippen molar-refractivity contribution < 1.29 is 0 Å². The van der Waals surface area contributed by atoms with E-state index in [4.69, 9.17) is 22.9 Å². The molecule has 2 saturated carbocycles. The molecule has 0 heterocycles. The largest absolute Gasteiger partial charge is 0.330 e. The van der Waals surface area contributed by atoms with Gasteiger partial charge in [0.25, 0.3) is 0 Å². The summed E-state index contributed by atoms with van der Waals surface area (Å²) in [5, 5.41) is 0. The lowest BCUT2D eigenvalue weighted by Crippen LogP contribution is -2.39. The van der Waals surface area contributed by atoms with Gasteiger partial charge in [0.15, 0.2) is 0 Å². The van der Waals surface area contributed by atoms with Gasteiger partial charge in [-0.25, -0.2) is 0 Å². The molecule has 0 amide bonds. The Hall–Kier alpha value is -0.160. The third kappa shape index (κ3) is 3.94. The molecule has 2 aliphatic carbocycles. The SMILES string of the molecule is NCC1CC(CN)CC(C2CC(CN)CC(CN)C2)C1. The first-order valence-corrected chi connectivity index (χ1v) is 8.50. The van der Waals surface area contributed by atoms with Crippen molar-refractivity contribution in [3.8, 4) is 0 Å². The maximum Gasteiger partial charge on any atom is -0.00487 e. The van der Waals surface area contributed by atoms with Crippen molar-refractivity contribution in [2.24, 2.45) is 58.4 Å². The van der Waals surface area contributed by atoms with E-state index in [1.807, 2.05) is 0 Å². The molecule has 0 saturated heterocycles. The summed E-state index contributed by atoms with van der Waals surface area (Å²) in [6.45, 7) is 3.28. The Kier molecular flexibility index (Phi) is 6.27. The fourth-order valence-electron chi connectivity index (χ4n) is 4.77. The maximum atomic E-state index is 5.94. The van der Waals surface area contributed by atoms with Gasteiger partial charge in [0.05, 0.1) is 0 Å². The van der Waals surface area contributed by atoms with Gasteiger partial charge in [0, 0.05) is 0 Å². The van der Waals surface area contributed by atoms with E-state index < -0.39 is 0 Å². The number of rotatable bonds is 5. The van der Waals surface area contributed by atoms with Crippen LogP contribution in [0.4, 0.5) is 0 Å². The standard InChI is InChI=1S/C16H34N4/c17-7-11-1-12(8-18)4-15(3-11)16-5-13(9-19)2-14(6-16)10-20/h11-16H,1-10,17-20H2. The molecule has 2 rings (SSSR count). The molecular formula is C16H34N4. The molecule has 4 unspecified atom stereocenters. The monoisotopic (exact) mass is 282 g/mol. The average molecular weight is 282 g/mol. The molecule has 0 aliphatic heterocycles. The molecular weight excluding hydrogens is 248 g/mol. The second kappa shape index (κ2) is 7.74. The van der Waals surface area contributed by atoms with E-state index in [0.29, 0.717) is 23.7 Å². The Morgan fingerprint density at radius 2 is 0.700 bits per heavy atom. The van der Waals surface area contributed by atoms with Gasteiger partial charge in [0.2, 0.25) is 0 Å². The van der Waals surface area contributed by atoms with Gasteiger partial charge < -0.3 is 22.9 Å². The molecule has 2 aliphatic rings. The van der Waals surface area contributed by atoms with Gasteiger partial charge in [-0.3, -0.25) is 0 Å².